The van der Waals surface area contributed by atoms with Crippen LogP contribution in [0, 0.1) is 16.7 Å². The van der Waals surface area contributed by atoms with Crippen molar-refractivity contribution >= 4 is 5.97 Å². The van der Waals surface area contributed by atoms with Gasteiger partial charge in [0.25, 0.3) is 0 Å². The number of aliphatic carboxylic acids is 1. The van der Waals surface area contributed by atoms with Crippen LogP contribution in [0.15, 0.2) is 5.29 Å². The van der Waals surface area contributed by atoms with Gasteiger partial charge in [-0.2, -0.15) is 0 Å². The first-order chi connectivity index (χ1) is 5.15. The van der Waals surface area contributed by atoms with Gasteiger partial charge in [-0.1, -0.05) is 6.92 Å². The fourth-order valence-electron chi connectivity index (χ4n) is 1.33. The Labute approximate surface area is 63.9 Å². The first kappa shape index (κ1) is 7.97. The minimum absolute atomic E-state index is 0.0187. The van der Waals surface area contributed by atoms with E-state index in [-0.39, 0.29) is 12.5 Å². The van der Waals surface area contributed by atoms with Crippen molar-refractivity contribution < 1.29 is 9.90 Å². The van der Waals surface area contributed by atoms with E-state index in [1.54, 1.807) is 0 Å². The lowest BCUT2D eigenvalue weighted by atomic mass is 9.99. The molecule has 0 aromatic rings. The van der Waals surface area contributed by atoms with E-state index in [4.69, 9.17) is 5.11 Å². The molecule has 2 unspecified atom stereocenters. The predicted octanol–water partition coefficient (Wildman–Crippen LogP) is 0.320. The van der Waals surface area contributed by atoms with Gasteiger partial charge in [0.05, 0.1) is 17.7 Å². The van der Waals surface area contributed by atoms with Gasteiger partial charge in [-0.05, 0) is 5.92 Å². The molecule has 1 aliphatic heterocycles. The lowest BCUT2D eigenvalue weighted by Gasteiger charge is -2.05. The number of carboxylic acids is 1. The maximum Gasteiger partial charge on any atom is 0.308 e. The summed E-state index contributed by atoms with van der Waals surface area (Å²) in [5.41, 5.74) is 0. The zero-order valence-electron chi connectivity index (χ0n) is 6.23. The molecule has 0 amide bonds. The minimum Gasteiger partial charge on any atom is -0.481 e. The van der Waals surface area contributed by atoms with Crippen LogP contribution in [0.4, 0.5) is 0 Å². The van der Waals surface area contributed by atoms with E-state index < -0.39 is 11.9 Å². The average molecular weight is 158 g/mol. The maximum absolute atomic E-state index is 10.5. The van der Waals surface area contributed by atoms with E-state index in [0.717, 1.165) is 0 Å². The van der Waals surface area contributed by atoms with Crippen LogP contribution in [0.2, 0.25) is 0 Å². The highest BCUT2D eigenvalue weighted by Gasteiger charge is 2.34. The topological polar surface area (TPSA) is 70.0 Å². The molecule has 5 heteroatoms. The van der Waals surface area contributed by atoms with E-state index in [1.807, 2.05) is 6.92 Å². The molecule has 1 N–H and O–H groups in total. The molecule has 2 atom stereocenters. The average Bonchev–Trinajstić information content (AvgIpc) is 2.30. The lowest BCUT2D eigenvalue weighted by molar-refractivity contribution is -0.142. The molecule has 0 bridgehead atoms. The molecule has 0 spiro atoms. The normalized spacial score (nSPS) is 30.5. The SMILES string of the molecule is CC1CN(N=O)CC1C(=O)O. The minimum atomic E-state index is -0.844. The van der Waals surface area contributed by atoms with Crippen LogP contribution in [0.1, 0.15) is 6.92 Å². The second-order valence-electron chi connectivity index (χ2n) is 2.88. The molecule has 0 aromatic heterocycles. The van der Waals surface area contributed by atoms with Crippen molar-refractivity contribution in [3.8, 4) is 0 Å². The number of nitroso groups, excluding NO2 is 1. The van der Waals surface area contributed by atoms with E-state index in [0.29, 0.717) is 6.54 Å². The Bertz CT molecular complexity index is 183. The molecule has 5 nitrogen and oxygen atoms in total. The van der Waals surface area contributed by atoms with Crippen molar-refractivity contribution in [3.63, 3.8) is 0 Å². The van der Waals surface area contributed by atoms with Gasteiger partial charge in [-0.3, -0.25) is 9.80 Å². The summed E-state index contributed by atoms with van der Waals surface area (Å²) in [5.74, 6) is -1.26. The molecular weight excluding hydrogens is 148 g/mol. The third kappa shape index (κ3) is 1.47. The summed E-state index contributed by atoms with van der Waals surface area (Å²) in [6, 6.07) is 0. The van der Waals surface area contributed by atoms with Gasteiger partial charge in [0, 0.05) is 6.54 Å². The third-order valence-corrected chi connectivity index (χ3v) is 2.03. The third-order valence-electron chi connectivity index (χ3n) is 2.03. The second-order valence-corrected chi connectivity index (χ2v) is 2.88. The monoisotopic (exact) mass is 158 g/mol. The summed E-state index contributed by atoms with van der Waals surface area (Å²) >= 11 is 0. The molecule has 11 heavy (non-hydrogen) atoms. The van der Waals surface area contributed by atoms with Gasteiger partial charge in [-0.25, -0.2) is 0 Å². The summed E-state index contributed by atoms with van der Waals surface area (Å²) in [6.07, 6.45) is 0. The fraction of sp³-hybridized carbons (Fsp3) is 0.833. The smallest absolute Gasteiger partial charge is 0.308 e. The number of carboxylic acid groups (broad SMARTS) is 1. The van der Waals surface area contributed by atoms with Crippen LogP contribution < -0.4 is 0 Å². The molecular formula is C6H10N2O3. The maximum atomic E-state index is 10.5. The Morgan fingerprint density at radius 1 is 1.64 bits per heavy atom. The van der Waals surface area contributed by atoms with E-state index in [1.165, 1.54) is 5.01 Å². The van der Waals surface area contributed by atoms with Crippen LogP contribution in [0.3, 0.4) is 0 Å². The highest BCUT2D eigenvalue weighted by atomic mass is 16.4. The molecule has 0 aliphatic carbocycles. The Kier molecular flexibility index (Phi) is 2.07. The molecule has 62 valence electrons. The van der Waals surface area contributed by atoms with Gasteiger partial charge in [0.15, 0.2) is 0 Å². The van der Waals surface area contributed by atoms with Gasteiger partial charge >= 0.3 is 5.97 Å². The highest BCUT2D eigenvalue weighted by molar-refractivity contribution is 5.71. The van der Waals surface area contributed by atoms with E-state index >= 15 is 0 Å². The van der Waals surface area contributed by atoms with Crippen molar-refractivity contribution in [2.24, 2.45) is 17.1 Å². The standard InChI is InChI=1S/C6H10N2O3/c1-4-2-8(7-11)3-5(4)6(9)10/h4-5H,2-3H2,1H3,(H,9,10). The number of carbonyl (C=O) groups is 1. The first-order valence-corrected chi connectivity index (χ1v) is 3.46. The predicted molar refractivity (Wildman–Crippen MR) is 37.7 cm³/mol. The van der Waals surface area contributed by atoms with Crippen LogP contribution in [-0.2, 0) is 4.79 Å². The number of nitrogens with zero attached hydrogens (tertiary/aromatic N) is 2. The van der Waals surface area contributed by atoms with Crippen LogP contribution in [-0.4, -0.2) is 29.2 Å². The zero-order chi connectivity index (χ0) is 8.43. The molecule has 0 aromatic carbocycles. The van der Waals surface area contributed by atoms with Gasteiger partial charge in [0.2, 0.25) is 0 Å². The van der Waals surface area contributed by atoms with E-state index in [2.05, 4.69) is 5.29 Å². The quantitative estimate of drug-likeness (QED) is 0.587. The van der Waals surface area contributed by atoms with Gasteiger partial charge in [-0.15, -0.1) is 4.91 Å². The molecule has 1 aliphatic rings. The second kappa shape index (κ2) is 2.86. The number of rotatable bonds is 2. The number of hydrogen-bond acceptors (Lipinski definition) is 3. The van der Waals surface area contributed by atoms with Gasteiger partial charge < -0.3 is 5.11 Å². The largest absolute Gasteiger partial charge is 0.481 e. The molecule has 1 saturated heterocycles. The lowest BCUT2D eigenvalue weighted by Crippen LogP contribution is -2.20. The molecule has 0 radical (unpaired) electrons. The van der Waals surface area contributed by atoms with Crippen molar-refractivity contribution in [3.05, 3.63) is 4.91 Å². The summed E-state index contributed by atoms with van der Waals surface area (Å²) in [6.45, 7) is 2.52. The van der Waals surface area contributed by atoms with Crippen molar-refractivity contribution in [2.45, 2.75) is 6.92 Å². The Morgan fingerprint density at radius 3 is 2.55 bits per heavy atom. The summed E-state index contributed by atoms with van der Waals surface area (Å²) in [5, 5.41) is 12.6. The summed E-state index contributed by atoms with van der Waals surface area (Å²) < 4.78 is 0. The molecule has 1 rings (SSSR count). The summed E-state index contributed by atoms with van der Waals surface area (Å²) in [7, 11) is 0. The van der Waals surface area contributed by atoms with Crippen molar-refractivity contribution in [1.82, 2.24) is 5.01 Å². The van der Waals surface area contributed by atoms with Crippen LogP contribution in [0.25, 0.3) is 0 Å². The zero-order valence-corrected chi connectivity index (χ0v) is 6.23. The molecule has 0 saturated carbocycles. The highest BCUT2D eigenvalue weighted by Crippen LogP contribution is 2.22. The van der Waals surface area contributed by atoms with Crippen molar-refractivity contribution in [2.75, 3.05) is 13.1 Å². The van der Waals surface area contributed by atoms with Gasteiger partial charge in [0.1, 0.15) is 0 Å². The van der Waals surface area contributed by atoms with Crippen LogP contribution in [0.5, 0.6) is 0 Å². The van der Waals surface area contributed by atoms with Crippen molar-refractivity contribution in [1.29, 1.82) is 0 Å². The fourth-order valence-corrected chi connectivity index (χ4v) is 1.33. The Morgan fingerprint density at radius 2 is 2.27 bits per heavy atom. The Balaban J connectivity index is 2.58. The van der Waals surface area contributed by atoms with E-state index in [9.17, 15) is 9.70 Å². The first-order valence-electron chi connectivity index (χ1n) is 3.46. The Hall–Kier alpha value is -1.13. The molecule has 1 heterocycles. The van der Waals surface area contributed by atoms with Crippen LogP contribution >= 0.6 is 0 Å². The summed E-state index contributed by atoms with van der Waals surface area (Å²) in [4.78, 5) is 20.5. The number of hydrogen-bond donors (Lipinski definition) is 1. The molecule has 1 fully saturated rings.